The summed E-state index contributed by atoms with van der Waals surface area (Å²) in [6.45, 7) is 11.4. The Morgan fingerprint density at radius 3 is 2.11 bits per heavy atom. The number of hydrogen-bond donors (Lipinski definition) is 0. The fraction of sp³-hybridized carbons (Fsp3) is 0.429. The fourth-order valence-corrected chi connectivity index (χ4v) is 4.38. The van der Waals surface area contributed by atoms with E-state index >= 15 is 0 Å². The van der Waals surface area contributed by atoms with Crippen LogP contribution in [0.5, 0.6) is 0 Å². The number of hydrogen-bond acceptors (Lipinski definition) is 5. The summed E-state index contributed by atoms with van der Waals surface area (Å²) < 4.78 is 21.1. The number of halogens is 1. The Bertz CT molecular complexity index is 1240. The minimum Gasteiger partial charge on any atom is -0.444 e. The van der Waals surface area contributed by atoms with Gasteiger partial charge in [-0.05, 0) is 57.2 Å². The average molecular weight is 508 g/mol. The maximum Gasteiger partial charge on any atom is 0.410 e. The van der Waals surface area contributed by atoms with E-state index in [4.69, 9.17) is 9.72 Å². The van der Waals surface area contributed by atoms with Crippen LogP contribution >= 0.6 is 0 Å². The highest BCUT2D eigenvalue weighted by molar-refractivity contribution is 5.82. The average Bonchev–Trinajstić information content (AvgIpc) is 3.23. The highest BCUT2D eigenvalue weighted by atomic mass is 19.1. The van der Waals surface area contributed by atoms with Crippen molar-refractivity contribution in [3.8, 4) is 22.5 Å². The zero-order valence-corrected chi connectivity index (χ0v) is 22.1. The van der Waals surface area contributed by atoms with Gasteiger partial charge in [-0.25, -0.2) is 14.2 Å². The molecule has 1 fully saturated rings. The molecule has 1 aliphatic heterocycles. The Morgan fingerprint density at radius 1 is 0.946 bits per heavy atom. The van der Waals surface area contributed by atoms with E-state index in [1.54, 1.807) is 34.3 Å². The number of carbonyl (C=O) groups is 2. The first-order chi connectivity index (χ1) is 17.5. The highest BCUT2D eigenvalue weighted by Gasteiger charge is 2.29. The van der Waals surface area contributed by atoms with Gasteiger partial charge in [0, 0.05) is 55.6 Å². The van der Waals surface area contributed by atoms with E-state index in [0.717, 1.165) is 22.6 Å². The summed E-state index contributed by atoms with van der Waals surface area (Å²) in [6.07, 6.45) is 3.04. The van der Waals surface area contributed by atoms with Gasteiger partial charge in [-0.1, -0.05) is 13.8 Å². The normalized spacial score (nSPS) is 14.2. The van der Waals surface area contributed by atoms with E-state index in [2.05, 4.69) is 4.98 Å². The van der Waals surface area contributed by atoms with E-state index in [1.807, 2.05) is 51.3 Å². The lowest BCUT2D eigenvalue weighted by atomic mass is 10.1. The molecule has 2 aromatic heterocycles. The first-order valence-corrected chi connectivity index (χ1v) is 12.6. The molecule has 2 amide bonds. The molecule has 4 rings (SSSR count). The molecule has 0 saturated carbocycles. The van der Waals surface area contributed by atoms with Crippen LogP contribution in [0.1, 0.15) is 46.4 Å². The Labute approximate surface area is 217 Å². The number of benzene rings is 1. The molecular formula is C28H34FN5O3. The van der Waals surface area contributed by atoms with Gasteiger partial charge in [0.15, 0.2) is 0 Å². The number of aromatic nitrogens is 3. The van der Waals surface area contributed by atoms with Crippen molar-refractivity contribution >= 4 is 12.0 Å². The Morgan fingerprint density at radius 2 is 1.54 bits per heavy atom. The zero-order chi connectivity index (χ0) is 26.7. The number of ether oxygens (including phenoxy) is 1. The molecule has 0 radical (unpaired) electrons. The van der Waals surface area contributed by atoms with Gasteiger partial charge >= 0.3 is 6.09 Å². The summed E-state index contributed by atoms with van der Waals surface area (Å²) in [6, 6.07) is 10.00. The quantitative estimate of drug-likeness (QED) is 0.488. The molecule has 1 saturated heterocycles. The lowest BCUT2D eigenvalue weighted by Gasteiger charge is -2.35. The second kappa shape index (κ2) is 10.7. The summed E-state index contributed by atoms with van der Waals surface area (Å²) in [5.74, 6) is 0.445. The molecule has 9 heteroatoms. The monoisotopic (exact) mass is 507 g/mol. The van der Waals surface area contributed by atoms with Gasteiger partial charge in [0.2, 0.25) is 5.91 Å². The van der Waals surface area contributed by atoms with Crippen LogP contribution in [0.25, 0.3) is 22.5 Å². The van der Waals surface area contributed by atoms with Crippen molar-refractivity contribution in [2.75, 3.05) is 26.2 Å². The summed E-state index contributed by atoms with van der Waals surface area (Å²) >= 11 is 0. The number of amides is 2. The Kier molecular flexibility index (Phi) is 7.61. The van der Waals surface area contributed by atoms with Crippen molar-refractivity contribution in [2.24, 2.45) is 0 Å². The third-order valence-corrected chi connectivity index (χ3v) is 6.16. The largest absolute Gasteiger partial charge is 0.444 e. The molecule has 196 valence electrons. The van der Waals surface area contributed by atoms with Gasteiger partial charge in [0.05, 0.1) is 11.4 Å². The van der Waals surface area contributed by atoms with Gasteiger partial charge in [0.25, 0.3) is 0 Å². The number of pyridine rings is 1. The van der Waals surface area contributed by atoms with Crippen molar-refractivity contribution < 1.29 is 18.7 Å². The second-order valence-electron chi connectivity index (χ2n) is 10.5. The van der Waals surface area contributed by atoms with Crippen LogP contribution in [-0.2, 0) is 16.1 Å². The van der Waals surface area contributed by atoms with Gasteiger partial charge in [-0.2, -0.15) is 0 Å². The zero-order valence-electron chi connectivity index (χ0n) is 22.1. The molecule has 0 unspecified atom stereocenters. The molecule has 0 aliphatic carbocycles. The molecule has 1 aliphatic rings. The second-order valence-corrected chi connectivity index (χ2v) is 10.5. The van der Waals surface area contributed by atoms with Crippen LogP contribution in [0.3, 0.4) is 0 Å². The molecule has 0 atom stereocenters. The van der Waals surface area contributed by atoms with Crippen molar-refractivity contribution in [2.45, 2.75) is 52.7 Å². The summed E-state index contributed by atoms with van der Waals surface area (Å²) in [5.41, 5.74) is 2.56. The maximum absolute atomic E-state index is 13.7. The Balaban J connectivity index is 1.62. The van der Waals surface area contributed by atoms with Gasteiger partial charge in [0.1, 0.15) is 23.8 Å². The number of nitrogens with zero attached hydrogens (tertiary/aromatic N) is 5. The number of piperazine rings is 1. The third kappa shape index (κ3) is 6.15. The van der Waals surface area contributed by atoms with Crippen molar-refractivity contribution in [1.29, 1.82) is 0 Å². The van der Waals surface area contributed by atoms with Crippen LogP contribution < -0.4 is 0 Å². The smallest absolute Gasteiger partial charge is 0.410 e. The lowest BCUT2D eigenvalue weighted by Crippen LogP contribution is -2.52. The SMILES string of the molecule is CC(C)c1nc(-c2ccc(F)cc2)c(-c2ccncc2)n1CC(=O)N1CCN(C(=O)OC(C)(C)C)CC1. The first-order valence-electron chi connectivity index (χ1n) is 12.6. The van der Waals surface area contributed by atoms with Crippen LogP contribution in [0.4, 0.5) is 9.18 Å². The molecule has 0 N–H and O–H groups in total. The minimum atomic E-state index is -0.565. The predicted octanol–water partition coefficient (Wildman–Crippen LogP) is 4.95. The van der Waals surface area contributed by atoms with Crippen LogP contribution in [0.15, 0.2) is 48.8 Å². The highest BCUT2D eigenvalue weighted by Crippen LogP contribution is 2.35. The van der Waals surface area contributed by atoms with Gasteiger partial charge in [-0.3, -0.25) is 9.78 Å². The Hall–Kier alpha value is -3.75. The summed E-state index contributed by atoms with van der Waals surface area (Å²) in [4.78, 5) is 38.4. The van der Waals surface area contributed by atoms with Crippen molar-refractivity contribution in [3.63, 3.8) is 0 Å². The van der Waals surface area contributed by atoms with Crippen molar-refractivity contribution in [3.05, 3.63) is 60.4 Å². The lowest BCUT2D eigenvalue weighted by molar-refractivity contribution is -0.133. The van der Waals surface area contributed by atoms with Crippen LogP contribution in [-0.4, -0.2) is 68.1 Å². The van der Waals surface area contributed by atoms with Crippen molar-refractivity contribution in [1.82, 2.24) is 24.3 Å². The number of carbonyl (C=O) groups excluding carboxylic acids is 2. The standard InChI is InChI=1S/C28H34FN5O3/c1-19(2)26-31-24(20-6-8-22(29)9-7-20)25(21-10-12-30-13-11-21)34(26)18-23(35)32-14-16-33(17-15-32)27(36)37-28(3,4)5/h6-13,19H,14-18H2,1-5H3. The molecule has 0 bridgehead atoms. The van der Waals surface area contributed by atoms with E-state index < -0.39 is 5.60 Å². The molecular weight excluding hydrogens is 473 g/mol. The summed E-state index contributed by atoms with van der Waals surface area (Å²) in [7, 11) is 0. The topological polar surface area (TPSA) is 80.6 Å². The van der Waals surface area contributed by atoms with E-state index in [9.17, 15) is 14.0 Å². The first kappa shape index (κ1) is 26.3. The van der Waals surface area contributed by atoms with E-state index in [0.29, 0.717) is 31.9 Å². The van der Waals surface area contributed by atoms with Gasteiger partial charge < -0.3 is 19.1 Å². The molecule has 37 heavy (non-hydrogen) atoms. The molecule has 0 spiro atoms. The molecule has 1 aromatic carbocycles. The van der Waals surface area contributed by atoms with E-state index in [-0.39, 0.29) is 30.3 Å². The van der Waals surface area contributed by atoms with Gasteiger partial charge in [-0.15, -0.1) is 0 Å². The minimum absolute atomic E-state index is 0.0478. The molecule has 3 heterocycles. The van der Waals surface area contributed by atoms with Crippen LogP contribution in [0.2, 0.25) is 0 Å². The fourth-order valence-electron chi connectivity index (χ4n) is 4.38. The number of imidazole rings is 1. The summed E-state index contributed by atoms with van der Waals surface area (Å²) in [5, 5.41) is 0. The van der Waals surface area contributed by atoms with Crippen LogP contribution in [0, 0.1) is 5.82 Å². The number of rotatable bonds is 5. The predicted molar refractivity (Wildman–Crippen MR) is 139 cm³/mol. The third-order valence-electron chi connectivity index (χ3n) is 6.16. The maximum atomic E-state index is 13.7. The molecule has 3 aromatic rings. The van der Waals surface area contributed by atoms with E-state index in [1.165, 1.54) is 12.1 Å². The molecule has 8 nitrogen and oxygen atoms in total.